The minimum atomic E-state index is -1.13. The quantitative estimate of drug-likeness (QED) is 0.0843. The van der Waals surface area contributed by atoms with Crippen LogP contribution in [0.3, 0.4) is 0 Å². The fourth-order valence-electron chi connectivity index (χ4n) is 6.99. The lowest BCUT2D eigenvalue weighted by atomic mass is 9.75. The van der Waals surface area contributed by atoms with E-state index in [1.54, 1.807) is 29.4 Å². The second kappa shape index (κ2) is 13.2. The van der Waals surface area contributed by atoms with Gasteiger partial charge in [-0.2, -0.15) is 5.10 Å². The van der Waals surface area contributed by atoms with Crippen LogP contribution in [0.4, 0.5) is 11.4 Å². The van der Waals surface area contributed by atoms with Crippen LogP contribution in [0.1, 0.15) is 70.0 Å². The number of rotatable bonds is 10. The van der Waals surface area contributed by atoms with Gasteiger partial charge in [-0.05, 0) is 69.5 Å². The second-order valence-electron chi connectivity index (χ2n) is 11.8. The molecule has 0 radical (unpaired) electrons. The Morgan fingerprint density at radius 2 is 1.41 bits per heavy atom. The highest BCUT2D eigenvalue weighted by atomic mass is 32.1. The lowest BCUT2D eigenvalue weighted by Gasteiger charge is -2.42. The van der Waals surface area contributed by atoms with Gasteiger partial charge >= 0.3 is 5.97 Å². The molecule has 1 amide bonds. The monoisotopic (exact) mass is 670 g/mol. The van der Waals surface area contributed by atoms with Crippen LogP contribution in [-0.2, 0) is 5.54 Å². The molecule has 49 heavy (non-hydrogen) atoms. The van der Waals surface area contributed by atoms with Crippen molar-refractivity contribution < 1.29 is 19.1 Å². The van der Waals surface area contributed by atoms with E-state index in [1.807, 2.05) is 47.8 Å². The van der Waals surface area contributed by atoms with Gasteiger partial charge in [-0.1, -0.05) is 48.5 Å². The van der Waals surface area contributed by atoms with Crippen LogP contribution in [0.15, 0.2) is 108 Å². The van der Waals surface area contributed by atoms with Crippen LogP contribution in [0.25, 0.3) is 0 Å². The summed E-state index contributed by atoms with van der Waals surface area (Å²) in [6.07, 6.45) is 1.60. The van der Waals surface area contributed by atoms with E-state index < -0.39 is 11.5 Å². The molecule has 4 aromatic carbocycles. The maximum atomic E-state index is 14.5. The van der Waals surface area contributed by atoms with Crippen molar-refractivity contribution in [2.75, 3.05) is 36.0 Å². The summed E-state index contributed by atoms with van der Waals surface area (Å²) < 4.78 is 12.6. The molecule has 0 N–H and O–H groups in total. The fourth-order valence-corrected chi connectivity index (χ4v) is 7.59. The summed E-state index contributed by atoms with van der Waals surface area (Å²) in [5.41, 5.74) is 4.54. The number of fused-ring (bicyclic) bond motifs is 6. The Morgan fingerprint density at radius 1 is 0.796 bits per heavy atom. The Bertz CT molecular complexity index is 1990. The molecule has 2 aliphatic rings. The first-order chi connectivity index (χ1) is 23.9. The van der Waals surface area contributed by atoms with Crippen molar-refractivity contribution >= 4 is 40.8 Å². The van der Waals surface area contributed by atoms with E-state index in [2.05, 4.69) is 73.9 Å². The number of anilines is 2. The highest BCUT2D eigenvalue weighted by Crippen LogP contribution is 2.58. The van der Waals surface area contributed by atoms with Crippen molar-refractivity contribution in [2.24, 2.45) is 5.10 Å². The number of nitrogens with zero attached hydrogens (tertiary/aromatic N) is 4. The van der Waals surface area contributed by atoms with Crippen LogP contribution >= 0.6 is 11.3 Å². The summed E-state index contributed by atoms with van der Waals surface area (Å²) in [7, 11) is 0. The van der Waals surface area contributed by atoms with Crippen molar-refractivity contribution in [1.82, 2.24) is 5.01 Å². The van der Waals surface area contributed by atoms with E-state index >= 15 is 0 Å². The number of thiophene rings is 1. The van der Waals surface area contributed by atoms with Gasteiger partial charge in [-0.3, -0.25) is 4.79 Å². The largest absolute Gasteiger partial charge is 0.456 e. The first kappa shape index (κ1) is 32.2. The third-order valence-corrected chi connectivity index (χ3v) is 10.3. The number of hydrazone groups is 1. The molecule has 5 aromatic rings. The number of amides is 1. The molecule has 2 aliphatic heterocycles. The van der Waals surface area contributed by atoms with Gasteiger partial charge in [0.2, 0.25) is 0 Å². The van der Waals surface area contributed by atoms with Crippen LogP contribution in [-0.4, -0.2) is 49.3 Å². The number of ether oxygens (including phenoxy) is 2. The third-order valence-electron chi connectivity index (χ3n) is 9.40. The lowest BCUT2D eigenvalue weighted by molar-refractivity contribution is 0.0673. The van der Waals surface area contributed by atoms with E-state index in [-0.39, 0.29) is 5.91 Å². The topological polar surface area (TPSA) is 74.7 Å². The molecule has 9 heteroatoms. The zero-order chi connectivity index (χ0) is 34.1. The van der Waals surface area contributed by atoms with Gasteiger partial charge in [0.05, 0.1) is 6.21 Å². The normalized spacial score (nSPS) is 14.0. The fraction of sp³-hybridized carbons (Fsp3) is 0.225. The van der Waals surface area contributed by atoms with Crippen LogP contribution < -0.4 is 19.3 Å². The summed E-state index contributed by atoms with van der Waals surface area (Å²) in [4.78, 5) is 32.5. The maximum Gasteiger partial charge on any atom is 0.353 e. The zero-order valence-corrected chi connectivity index (χ0v) is 28.9. The molecule has 3 heterocycles. The highest BCUT2D eigenvalue weighted by Gasteiger charge is 2.57. The molecule has 0 fully saturated rings. The second-order valence-corrected chi connectivity index (χ2v) is 12.8. The van der Waals surface area contributed by atoms with Crippen molar-refractivity contribution in [2.45, 2.75) is 33.2 Å². The number of benzene rings is 4. The van der Waals surface area contributed by atoms with Crippen LogP contribution in [0.2, 0.25) is 0 Å². The Kier molecular flexibility index (Phi) is 8.69. The summed E-state index contributed by atoms with van der Waals surface area (Å²) >= 11 is 1.32. The molecule has 7 rings (SSSR count). The summed E-state index contributed by atoms with van der Waals surface area (Å²) in [6, 6.07) is 30.9. The molecule has 1 aromatic heterocycles. The van der Waals surface area contributed by atoms with Gasteiger partial charge in [-0.15, -0.1) is 11.3 Å². The molecule has 8 nitrogen and oxygen atoms in total. The third kappa shape index (κ3) is 5.34. The molecule has 0 saturated carbocycles. The smallest absolute Gasteiger partial charge is 0.353 e. The first-order valence-electron chi connectivity index (χ1n) is 16.7. The van der Waals surface area contributed by atoms with E-state index in [0.717, 1.165) is 54.2 Å². The highest BCUT2D eigenvalue weighted by molar-refractivity contribution is 7.12. The first-order valence-corrected chi connectivity index (χ1v) is 17.6. The number of hydrogen-bond acceptors (Lipinski definition) is 8. The Morgan fingerprint density at radius 3 is 2.02 bits per heavy atom. The standard InChI is InChI=1S/C40H38N4O4S/c1-5-42(6-2)28-19-21-32-35(24-28)47-36-25-29(43(7-3)8-4)20-22-33(36)40(32)31-16-11-10-15-30(31)38(45)44(40)41-26-27-14-9-12-17-34(27)48-39(46)37-18-13-23-49-37/h9-26H,5-8H2,1-4H3/b41-26+. The molecule has 0 atom stereocenters. The molecule has 0 saturated heterocycles. The van der Waals surface area contributed by atoms with E-state index in [4.69, 9.17) is 14.6 Å². The van der Waals surface area contributed by atoms with Crippen LogP contribution in [0.5, 0.6) is 17.2 Å². The predicted octanol–water partition coefficient (Wildman–Crippen LogP) is 8.55. The summed E-state index contributed by atoms with van der Waals surface area (Å²) in [5, 5.41) is 8.37. The minimum Gasteiger partial charge on any atom is -0.456 e. The SMILES string of the molecule is CCN(CC)c1ccc2c(c1)Oc1cc(N(CC)CC)ccc1C21c2ccccc2C(=O)N1/N=C/c1ccccc1OC(=O)c1cccs1. The van der Waals surface area contributed by atoms with Gasteiger partial charge in [0, 0.05) is 77.5 Å². The maximum absolute atomic E-state index is 14.5. The van der Waals surface area contributed by atoms with E-state index in [0.29, 0.717) is 33.3 Å². The van der Waals surface area contributed by atoms with Gasteiger partial charge in [0.15, 0.2) is 0 Å². The number of para-hydroxylation sites is 1. The molecular weight excluding hydrogens is 633 g/mol. The van der Waals surface area contributed by atoms with E-state index in [9.17, 15) is 9.59 Å². The Hall–Kier alpha value is -5.41. The molecule has 0 aliphatic carbocycles. The zero-order valence-electron chi connectivity index (χ0n) is 28.1. The van der Waals surface area contributed by atoms with Crippen molar-refractivity contribution in [3.63, 3.8) is 0 Å². The van der Waals surface area contributed by atoms with Crippen molar-refractivity contribution in [3.05, 3.63) is 135 Å². The molecule has 0 bridgehead atoms. The Balaban J connectivity index is 1.43. The number of carbonyl (C=O) groups excluding carboxylic acids is 2. The average Bonchev–Trinajstić information content (AvgIpc) is 3.75. The van der Waals surface area contributed by atoms with E-state index in [1.165, 1.54) is 11.3 Å². The summed E-state index contributed by atoms with van der Waals surface area (Å²) in [6.45, 7) is 11.9. The Labute approximate surface area is 290 Å². The van der Waals surface area contributed by atoms with Crippen molar-refractivity contribution in [3.8, 4) is 17.2 Å². The van der Waals surface area contributed by atoms with Gasteiger partial charge < -0.3 is 19.3 Å². The number of esters is 1. The molecule has 1 spiro atoms. The predicted molar refractivity (Wildman–Crippen MR) is 196 cm³/mol. The molecular formula is C40H38N4O4S. The van der Waals surface area contributed by atoms with Crippen LogP contribution in [0, 0.1) is 0 Å². The number of hydrogen-bond donors (Lipinski definition) is 0. The summed E-state index contributed by atoms with van der Waals surface area (Å²) in [5.74, 6) is 1.01. The van der Waals surface area contributed by atoms with Crippen molar-refractivity contribution in [1.29, 1.82) is 0 Å². The number of carbonyl (C=O) groups is 2. The minimum absolute atomic E-state index is 0.237. The average molecular weight is 671 g/mol. The lowest BCUT2D eigenvalue weighted by Crippen LogP contribution is -2.44. The van der Waals surface area contributed by atoms with Gasteiger partial charge in [0.1, 0.15) is 27.7 Å². The molecule has 248 valence electrons. The molecule has 0 unspecified atom stereocenters. The van der Waals surface area contributed by atoms with Gasteiger partial charge in [0.25, 0.3) is 5.91 Å². The van der Waals surface area contributed by atoms with Gasteiger partial charge in [-0.25, -0.2) is 9.80 Å².